The van der Waals surface area contributed by atoms with Gasteiger partial charge in [-0.25, -0.2) is 4.79 Å². The molecule has 0 aromatic carbocycles. The van der Waals surface area contributed by atoms with Gasteiger partial charge in [0.15, 0.2) is 12.4 Å². The Morgan fingerprint density at radius 2 is 2.20 bits per heavy atom. The molecule has 1 saturated heterocycles. The van der Waals surface area contributed by atoms with Crippen LogP contribution < -0.4 is 5.32 Å². The lowest BCUT2D eigenvalue weighted by Gasteiger charge is -2.34. The van der Waals surface area contributed by atoms with Crippen LogP contribution in [0.15, 0.2) is 10.2 Å². The molecule has 9 nitrogen and oxygen atoms in total. The van der Waals surface area contributed by atoms with Crippen molar-refractivity contribution >= 4 is 6.09 Å². The molecule has 0 aromatic rings. The second-order valence-electron chi connectivity index (χ2n) is 4.57. The van der Waals surface area contributed by atoms with Crippen LogP contribution in [0.25, 0.3) is 0 Å². The van der Waals surface area contributed by atoms with Crippen LogP contribution in [0, 0.1) is 12.3 Å². The van der Waals surface area contributed by atoms with E-state index in [1.807, 2.05) is 0 Å². The maximum atomic E-state index is 11.6. The van der Waals surface area contributed by atoms with Crippen molar-refractivity contribution in [3.05, 3.63) is 0 Å². The third kappa shape index (κ3) is 3.23. The number of rotatable bonds is 4. The summed E-state index contributed by atoms with van der Waals surface area (Å²) in [6, 6.07) is 0. The fourth-order valence-electron chi connectivity index (χ4n) is 1.72. The minimum absolute atomic E-state index is 0.0539. The quantitative estimate of drug-likeness (QED) is 0.457. The van der Waals surface area contributed by atoms with Gasteiger partial charge in [-0.15, -0.1) is 12.3 Å². The molecule has 2 rings (SSSR count). The van der Waals surface area contributed by atoms with Gasteiger partial charge in [-0.2, -0.15) is 10.2 Å². The normalized spacial score (nSPS) is 34.1. The number of carbonyl (C=O) groups excluding carboxylic acids is 1. The lowest BCUT2D eigenvalue weighted by Crippen LogP contribution is -2.55. The molecule has 2 unspecified atom stereocenters. The molecule has 1 fully saturated rings. The Morgan fingerprint density at radius 1 is 1.50 bits per heavy atom. The highest BCUT2D eigenvalue weighted by molar-refractivity contribution is 5.67. The number of aliphatic hydroxyl groups is 3. The first-order valence-electron chi connectivity index (χ1n) is 5.95. The SMILES string of the molecule is C#CCC1(CNC(=O)OC2C(O)[C@H](O)CO[C@H]2O)N=N1. The summed E-state index contributed by atoms with van der Waals surface area (Å²) in [5, 5.41) is 38.3. The van der Waals surface area contributed by atoms with Crippen molar-refractivity contribution in [2.75, 3.05) is 13.2 Å². The van der Waals surface area contributed by atoms with Crippen LogP contribution in [-0.2, 0) is 9.47 Å². The molecule has 4 atom stereocenters. The van der Waals surface area contributed by atoms with Crippen molar-refractivity contribution in [3.8, 4) is 12.3 Å². The summed E-state index contributed by atoms with van der Waals surface area (Å²) in [5.74, 6) is 2.38. The molecule has 2 aliphatic heterocycles. The Balaban J connectivity index is 1.80. The molecule has 0 radical (unpaired) electrons. The smallest absolute Gasteiger partial charge is 0.407 e. The van der Waals surface area contributed by atoms with Gasteiger partial charge in [0, 0.05) is 0 Å². The third-order valence-electron chi connectivity index (χ3n) is 2.98. The fraction of sp³-hybridized carbons (Fsp3) is 0.727. The zero-order valence-electron chi connectivity index (χ0n) is 10.5. The monoisotopic (exact) mass is 285 g/mol. The van der Waals surface area contributed by atoms with Crippen molar-refractivity contribution in [3.63, 3.8) is 0 Å². The van der Waals surface area contributed by atoms with E-state index >= 15 is 0 Å². The molecule has 0 spiro atoms. The molecule has 2 aliphatic rings. The Morgan fingerprint density at radius 3 is 2.80 bits per heavy atom. The minimum atomic E-state index is -1.51. The van der Waals surface area contributed by atoms with Crippen LogP contribution in [0.3, 0.4) is 0 Å². The number of carbonyl (C=O) groups is 1. The number of hydrogen-bond donors (Lipinski definition) is 4. The first-order chi connectivity index (χ1) is 9.47. The Bertz CT molecular complexity index is 442. The standard InChI is InChI=1S/C11H15N3O6/c1-2-3-11(13-14-11)5-12-10(18)20-8-7(16)6(15)4-19-9(8)17/h1,6-9,15-17H,3-5H2,(H,12,18)/t6-,7?,8?,9-/m1/s1. The summed E-state index contributed by atoms with van der Waals surface area (Å²) < 4.78 is 9.56. The fourth-order valence-corrected chi connectivity index (χ4v) is 1.72. The van der Waals surface area contributed by atoms with Gasteiger partial charge < -0.3 is 30.1 Å². The highest BCUT2D eigenvalue weighted by Crippen LogP contribution is 2.30. The van der Waals surface area contributed by atoms with Crippen molar-refractivity contribution in [1.82, 2.24) is 5.32 Å². The molecule has 0 aromatic heterocycles. The summed E-state index contributed by atoms with van der Waals surface area (Å²) in [4.78, 5) is 11.6. The average Bonchev–Trinajstić information content (AvgIpc) is 3.18. The molecule has 2 heterocycles. The number of amides is 1. The van der Waals surface area contributed by atoms with Crippen molar-refractivity contribution in [2.45, 2.75) is 36.7 Å². The Hall–Kier alpha value is -1.73. The Kier molecular flexibility index (Phi) is 4.20. The van der Waals surface area contributed by atoms with Crippen molar-refractivity contribution in [1.29, 1.82) is 0 Å². The number of terminal acetylenes is 1. The topological polar surface area (TPSA) is 133 Å². The zero-order valence-corrected chi connectivity index (χ0v) is 10.5. The molecule has 0 aliphatic carbocycles. The van der Waals surface area contributed by atoms with Crippen LogP contribution in [0.5, 0.6) is 0 Å². The predicted molar refractivity (Wildman–Crippen MR) is 63.3 cm³/mol. The van der Waals surface area contributed by atoms with E-state index < -0.39 is 36.4 Å². The highest BCUT2D eigenvalue weighted by Gasteiger charge is 2.42. The van der Waals surface area contributed by atoms with E-state index in [0.29, 0.717) is 0 Å². The first-order valence-corrected chi connectivity index (χ1v) is 5.95. The van der Waals surface area contributed by atoms with E-state index in [-0.39, 0.29) is 19.6 Å². The van der Waals surface area contributed by atoms with Gasteiger partial charge in [0.1, 0.15) is 12.2 Å². The molecule has 110 valence electrons. The lowest BCUT2D eigenvalue weighted by molar-refractivity contribution is -0.251. The molecular weight excluding hydrogens is 270 g/mol. The number of alkyl carbamates (subject to hydrolysis) is 1. The molecule has 9 heteroatoms. The van der Waals surface area contributed by atoms with Gasteiger partial charge in [0.25, 0.3) is 0 Å². The number of nitrogens with one attached hydrogen (secondary N) is 1. The highest BCUT2D eigenvalue weighted by atomic mass is 16.7. The Labute approximate surface area is 114 Å². The van der Waals surface area contributed by atoms with Gasteiger partial charge >= 0.3 is 6.09 Å². The lowest BCUT2D eigenvalue weighted by atomic mass is 10.1. The van der Waals surface area contributed by atoms with Crippen LogP contribution >= 0.6 is 0 Å². The third-order valence-corrected chi connectivity index (χ3v) is 2.98. The van der Waals surface area contributed by atoms with E-state index in [2.05, 4.69) is 21.5 Å². The number of nitrogens with zero attached hydrogens (tertiary/aromatic N) is 2. The van der Waals surface area contributed by atoms with Crippen molar-refractivity contribution < 1.29 is 29.6 Å². The van der Waals surface area contributed by atoms with E-state index in [9.17, 15) is 20.1 Å². The van der Waals surface area contributed by atoms with Gasteiger partial charge in [-0.3, -0.25) is 0 Å². The second-order valence-corrected chi connectivity index (χ2v) is 4.57. The summed E-state index contributed by atoms with van der Waals surface area (Å²) >= 11 is 0. The van der Waals surface area contributed by atoms with Gasteiger partial charge in [0.05, 0.1) is 19.6 Å². The zero-order chi connectivity index (χ0) is 14.8. The minimum Gasteiger partial charge on any atom is -0.438 e. The summed E-state index contributed by atoms with van der Waals surface area (Å²) in [5.41, 5.74) is -0.798. The molecule has 0 saturated carbocycles. The van der Waals surface area contributed by atoms with Gasteiger partial charge in [-0.1, -0.05) is 0 Å². The maximum absolute atomic E-state index is 11.6. The molecule has 4 N–H and O–H groups in total. The van der Waals surface area contributed by atoms with E-state index in [0.717, 1.165) is 0 Å². The van der Waals surface area contributed by atoms with E-state index in [4.69, 9.17) is 15.9 Å². The predicted octanol–water partition coefficient (Wildman–Crippen LogP) is -1.66. The molecule has 20 heavy (non-hydrogen) atoms. The summed E-state index contributed by atoms with van der Waals surface area (Å²) in [6.07, 6.45) is -1.07. The molecule has 0 bridgehead atoms. The van der Waals surface area contributed by atoms with Crippen LogP contribution in [0.2, 0.25) is 0 Å². The van der Waals surface area contributed by atoms with Gasteiger partial charge in [0.2, 0.25) is 5.66 Å². The van der Waals surface area contributed by atoms with Gasteiger partial charge in [-0.05, 0) is 0 Å². The van der Waals surface area contributed by atoms with Crippen LogP contribution in [0.1, 0.15) is 6.42 Å². The van der Waals surface area contributed by atoms with Crippen molar-refractivity contribution in [2.24, 2.45) is 10.2 Å². The first kappa shape index (κ1) is 14.7. The molecule has 1 amide bonds. The average molecular weight is 285 g/mol. The number of hydrogen-bond acceptors (Lipinski definition) is 8. The molecular formula is C11H15N3O6. The number of aliphatic hydroxyl groups excluding tert-OH is 3. The van der Waals surface area contributed by atoms with E-state index in [1.54, 1.807) is 0 Å². The maximum Gasteiger partial charge on any atom is 0.407 e. The second kappa shape index (κ2) is 5.72. The summed E-state index contributed by atoms with van der Waals surface area (Å²) in [7, 11) is 0. The number of ether oxygens (including phenoxy) is 2. The largest absolute Gasteiger partial charge is 0.438 e. The van der Waals surface area contributed by atoms with Crippen LogP contribution in [-0.4, -0.2) is 64.8 Å². The van der Waals surface area contributed by atoms with E-state index in [1.165, 1.54) is 0 Å². The summed E-state index contributed by atoms with van der Waals surface area (Å²) in [6.45, 7) is -0.189. The van der Waals surface area contributed by atoms with Crippen LogP contribution in [0.4, 0.5) is 4.79 Å².